The van der Waals surface area contributed by atoms with Crippen LogP contribution < -0.4 is 4.72 Å². The monoisotopic (exact) mass is 335 g/mol. The van der Waals surface area contributed by atoms with Gasteiger partial charge in [0, 0.05) is 12.4 Å². The molecule has 1 heterocycles. The first-order chi connectivity index (χ1) is 10.2. The van der Waals surface area contributed by atoms with Crippen LogP contribution in [0.1, 0.15) is 11.6 Å². The number of sulfonamides is 1. The fourth-order valence-corrected chi connectivity index (χ4v) is 2.72. The van der Waals surface area contributed by atoms with Gasteiger partial charge in [0.25, 0.3) is 10.0 Å². The Hall–Kier alpha value is -2.07. The molecular formula is C12H9F4N3O2S. The molecule has 0 aliphatic heterocycles. The molecule has 118 valence electrons. The van der Waals surface area contributed by atoms with E-state index in [0.29, 0.717) is 0 Å². The average Bonchev–Trinajstić information content (AvgIpc) is 2.46. The number of benzene rings is 1. The van der Waals surface area contributed by atoms with Gasteiger partial charge in [0.2, 0.25) is 0 Å². The van der Waals surface area contributed by atoms with E-state index in [4.69, 9.17) is 0 Å². The summed E-state index contributed by atoms with van der Waals surface area (Å²) in [6, 6.07) is 0.800. The Kier molecular flexibility index (Phi) is 4.42. The SMILES string of the molecule is O=S(=O)(N[C@H](c1ccc(F)cc1)C(F)(F)F)c1cnccn1. The zero-order valence-corrected chi connectivity index (χ0v) is 11.6. The lowest BCUT2D eigenvalue weighted by atomic mass is 10.1. The second kappa shape index (κ2) is 5.97. The minimum atomic E-state index is -4.91. The molecule has 1 N–H and O–H groups in total. The highest BCUT2D eigenvalue weighted by Gasteiger charge is 2.43. The van der Waals surface area contributed by atoms with Gasteiger partial charge in [-0.3, -0.25) is 4.98 Å². The topological polar surface area (TPSA) is 72.0 Å². The first-order valence-electron chi connectivity index (χ1n) is 5.81. The Bertz CT molecular complexity index is 733. The second-order valence-electron chi connectivity index (χ2n) is 4.19. The predicted molar refractivity (Wildman–Crippen MR) is 67.5 cm³/mol. The molecule has 0 saturated carbocycles. The molecule has 22 heavy (non-hydrogen) atoms. The van der Waals surface area contributed by atoms with Crippen LogP contribution >= 0.6 is 0 Å². The number of nitrogens with zero attached hydrogens (tertiary/aromatic N) is 2. The van der Waals surface area contributed by atoms with Crippen molar-refractivity contribution in [2.75, 3.05) is 0 Å². The Morgan fingerprint density at radius 3 is 2.23 bits per heavy atom. The van der Waals surface area contributed by atoms with Gasteiger partial charge < -0.3 is 0 Å². The van der Waals surface area contributed by atoms with Crippen molar-refractivity contribution >= 4 is 10.0 Å². The van der Waals surface area contributed by atoms with E-state index in [-0.39, 0.29) is 0 Å². The van der Waals surface area contributed by atoms with E-state index in [0.717, 1.165) is 36.7 Å². The van der Waals surface area contributed by atoms with E-state index in [1.54, 1.807) is 0 Å². The fourth-order valence-electron chi connectivity index (χ4n) is 1.62. The molecule has 0 saturated heterocycles. The number of alkyl halides is 3. The Morgan fingerprint density at radius 1 is 1.09 bits per heavy atom. The first kappa shape index (κ1) is 16.3. The molecule has 1 aromatic heterocycles. The van der Waals surface area contributed by atoms with Crippen molar-refractivity contribution < 1.29 is 26.0 Å². The molecule has 0 aliphatic carbocycles. The summed E-state index contributed by atoms with van der Waals surface area (Å²) in [5.41, 5.74) is -0.443. The van der Waals surface area contributed by atoms with E-state index >= 15 is 0 Å². The predicted octanol–water partition coefficient (Wildman–Crippen LogP) is 2.20. The fraction of sp³-hybridized carbons (Fsp3) is 0.167. The third-order valence-corrected chi connectivity index (χ3v) is 3.93. The largest absolute Gasteiger partial charge is 0.408 e. The highest BCUT2D eigenvalue weighted by atomic mass is 32.2. The number of rotatable bonds is 4. The van der Waals surface area contributed by atoms with Crippen LogP contribution in [0.2, 0.25) is 0 Å². The van der Waals surface area contributed by atoms with Crippen molar-refractivity contribution in [3.05, 3.63) is 54.2 Å². The number of halogens is 4. The Labute approximate surface area is 123 Å². The molecule has 0 spiro atoms. The van der Waals surface area contributed by atoms with Crippen molar-refractivity contribution in [1.29, 1.82) is 0 Å². The molecule has 0 bridgehead atoms. The second-order valence-corrected chi connectivity index (χ2v) is 5.85. The summed E-state index contributed by atoms with van der Waals surface area (Å²) < 4.78 is 77.5. The maximum absolute atomic E-state index is 13.1. The van der Waals surface area contributed by atoms with Gasteiger partial charge in [-0.15, -0.1) is 0 Å². The molecular weight excluding hydrogens is 326 g/mol. The number of aromatic nitrogens is 2. The van der Waals surface area contributed by atoms with Crippen LogP contribution in [0.3, 0.4) is 0 Å². The summed E-state index contributed by atoms with van der Waals surface area (Å²) in [6.07, 6.45) is -1.87. The van der Waals surface area contributed by atoms with Crippen molar-refractivity contribution in [2.45, 2.75) is 17.2 Å². The van der Waals surface area contributed by atoms with E-state index in [1.807, 2.05) is 0 Å². The van der Waals surface area contributed by atoms with E-state index in [9.17, 15) is 26.0 Å². The minimum absolute atomic E-state index is 0.443. The Balaban J connectivity index is 2.38. The van der Waals surface area contributed by atoms with E-state index in [1.165, 1.54) is 10.9 Å². The maximum atomic E-state index is 13.1. The van der Waals surface area contributed by atoms with Gasteiger partial charge >= 0.3 is 6.18 Å². The molecule has 0 aliphatic rings. The van der Waals surface area contributed by atoms with Crippen molar-refractivity contribution in [1.82, 2.24) is 14.7 Å². The van der Waals surface area contributed by atoms with Crippen LogP contribution in [0.15, 0.2) is 47.9 Å². The zero-order chi connectivity index (χ0) is 16.4. The molecule has 2 rings (SSSR count). The van der Waals surface area contributed by atoms with E-state index < -0.39 is 38.6 Å². The van der Waals surface area contributed by atoms with Gasteiger partial charge in [0.05, 0.1) is 6.20 Å². The summed E-state index contributed by atoms with van der Waals surface area (Å²) in [6.45, 7) is 0. The van der Waals surface area contributed by atoms with Crippen molar-refractivity contribution in [3.8, 4) is 0 Å². The molecule has 0 amide bonds. The molecule has 0 unspecified atom stereocenters. The summed E-state index contributed by atoms with van der Waals surface area (Å²) in [7, 11) is -4.54. The summed E-state index contributed by atoms with van der Waals surface area (Å²) in [5, 5.41) is -0.647. The molecule has 2 aromatic rings. The molecule has 1 aromatic carbocycles. The molecule has 5 nitrogen and oxygen atoms in total. The van der Waals surface area contributed by atoms with Crippen LogP contribution in [-0.2, 0) is 10.0 Å². The highest BCUT2D eigenvalue weighted by Crippen LogP contribution is 2.33. The maximum Gasteiger partial charge on any atom is 0.408 e. The molecule has 10 heteroatoms. The lowest BCUT2D eigenvalue weighted by molar-refractivity contribution is -0.153. The lowest BCUT2D eigenvalue weighted by Gasteiger charge is -2.21. The number of hydrogen-bond acceptors (Lipinski definition) is 4. The van der Waals surface area contributed by atoms with Crippen LogP contribution in [-0.4, -0.2) is 24.6 Å². The zero-order valence-electron chi connectivity index (χ0n) is 10.7. The van der Waals surface area contributed by atoms with Gasteiger partial charge in [-0.2, -0.15) is 17.9 Å². The summed E-state index contributed by atoms with van der Waals surface area (Å²) in [5.74, 6) is -0.735. The highest BCUT2D eigenvalue weighted by molar-refractivity contribution is 7.89. The molecule has 0 radical (unpaired) electrons. The normalized spacial score (nSPS) is 13.8. The quantitative estimate of drug-likeness (QED) is 0.870. The van der Waals surface area contributed by atoms with Crippen LogP contribution in [0.5, 0.6) is 0 Å². The smallest absolute Gasteiger partial charge is 0.260 e. The van der Waals surface area contributed by atoms with Gasteiger partial charge in [-0.05, 0) is 17.7 Å². The molecule has 1 atom stereocenters. The standard InChI is InChI=1S/C12H9F4N3O2S/c13-9-3-1-8(2-4-9)11(12(14,15)16)19-22(20,21)10-7-17-5-6-18-10/h1-7,11,19H/t11-/m1/s1. The van der Waals surface area contributed by atoms with Crippen LogP contribution in [0, 0.1) is 5.82 Å². The molecule has 0 fully saturated rings. The first-order valence-corrected chi connectivity index (χ1v) is 7.29. The number of hydrogen-bond donors (Lipinski definition) is 1. The van der Waals surface area contributed by atoms with Gasteiger partial charge in [0.15, 0.2) is 5.03 Å². The van der Waals surface area contributed by atoms with Crippen molar-refractivity contribution in [3.63, 3.8) is 0 Å². The van der Waals surface area contributed by atoms with Gasteiger partial charge in [-0.25, -0.2) is 17.8 Å². The third kappa shape index (κ3) is 3.77. The Morgan fingerprint density at radius 2 is 1.73 bits per heavy atom. The third-order valence-electron chi connectivity index (χ3n) is 2.62. The lowest BCUT2D eigenvalue weighted by Crippen LogP contribution is -2.38. The minimum Gasteiger partial charge on any atom is -0.260 e. The summed E-state index contributed by atoms with van der Waals surface area (Å²) >= 11 is 0. The van der Waals surface area contributed by atoms with Gasteiger partial charge in [-0.1, -0.05) is 12.1 Å². The number of nitrogens with one attached hydrogen (secondary N) is 1. The van der Waals surface area contributed by atoms with E-state index in [2.05, 4.69) is 9.97 Å². The van der Waals surface area contributed by atoms with Crippen molar-refractivity contribution in [2.24, 2.45) is 0 Å². The van der Waals surface area contributed by atoms with Crippen LogP contribution in [0.25, 0.3) is 0 Å². The average molecular weight is 335 g/mol. The van der Waals surface area contributed by atoms with Crippen LogP contribution in [0.4, 0.5) is 17.6 Å². The van der Waals surface area contributed by atoms with Gasteiger partial charge in [0.1, 0.15) is 11.9 Å². The summed E-state index contributed by atoms with van der Waals surface area (Å²) in [4.78, 5) is 6.95.